The molecular weight excluding hydrogens is 642 g/mol. The number of methoxy groups -OCH3 is 3. The van der Waals surface area contributed by atoms with Crippen molar-refractivity contribution < 1.29 is 28.5 Å². The second kappa shape index (κ2) is 13.8. The van der Waals surface area contributed by atoms with Crippen molar-refractivity contribution in [3.63, 3.8) is 0 Å². The Bertz CT molecular complexity index is 2280. The van der Waals surface area contributed by atoms with Crippen molar-refractivity contribution in [2.75, 3.05) is 27.9 Å². The summed E-state index contributed by atoms with van der Waals surface area (Å²) in [6, 6.07) is 23.0. The summed E-state index contributed by atoms with van der Waals surface area (Å²) in [6.45, 7) is 5.84. The predicted octanol–water partition coefficient (Wildman–Crippen LogP) is 5.15. The SMILES string of the molecule is CCOC(=O)C1=C(c2ccccc2)N=c2s/c(=C/c3cc(C)n(-c4ccc(C(=O)OC)cc4)c3C)c(=O)n2[C@H]1c1ccc(OC)c(OC)c1. The number of hydrogen-bond donors (Lipinski definition) is 0. The van der Waals surface area contributed by atoms with E-state index < -0.39 is 18.0 Å². The lowest BCUT2D eigenvalue weighted by molar-refractivity contribution is -0.138. The second-order valence-corrected chi connectivity index (χ2v) is 12.3. The summed E-state index contributed by atoms with van der Waals surface area (Å²) in [6.07, 6.45) is 1.85. The zero-order valence-corrected chi connectivity index (χ0v) is 28.8. The molecule has 0 aliphatic carbocycles. The third-order valence-corrected chi connectivity index (χ3v) is 9.38. The molecule has 0 bridgehead atoms. The van der Waals surface area contributed by atoms with E-state index in [1.165, 1.54) is 25.6 Å². The predicted molar refractivity (Wildman–Crippen MR) is 187 cm³/mol. The van der Waals surface area contributed by atoms with Crippen LogP contribution < -0.4 is 24.4 Å². The summed E-state index contributed by atoms with van der Waals surface area (Å²) in [5.41, 5.74) is 5.73. The number of carbonyl (C=O) groups excluding carboxylic acids is 2. The Kier molecular flexibility index (Phi) is 9.37. The Morgan fingerprint density at radius 2 is 1.61 bits per heavy atom. The number of rotatable bonds is 9. The van der Waals surface area contributed by atoms with Gasteiger partial charge in [0.15, 0.2) is 16.3 Å². The van der Waals surface area contributed by atoms with Crippen LogP contribution in [0.3, 0.4) is 0 Å². The molecule has 0 fully saturated rings. The molecule has 11 heteroatoms. The van der Waals surface area contributed by atoms with Gasteiger partial charge >= 0.3 is 11.9 Å². The summed E-state index contributed by atoms with van der Waals surface area (Å²) in [7, 11) is 4.43. The number of hydrogen-bond acceptors (Lipinski definition) is 9. The summed E-state index contributed by atoms with van der Waals surface area (Å²) < 4.78 is 25.6. The molecule has 250 valence electrons. The van der Waals surface area contributed by atoms with Crippen LogP contribution in [0.1, 0.15) is 51.4 Å². The van der Waals surface area contributed by atoms with Gasteiger partial charge in [0.2, 0.25) is 0 Å². The maximum Gasteiger partial charge on any atom is 0.338 e. The van der Waals surface area contributed by atoms with Crippen molar-refractivity contribution >= 4 is 35.0 Å². The molecule has 0 unspecified atom stereocenters. The van der Waals surface area contributed by atoms with Crippen molar-refractivity contribution in [2.45, 2.75) is 26.8 Å². The highest BCUT2D eigenvalue weighted by Crippen LogP contribution is 2.38. The third kappa shape index (κ3) is 6.09. The van der Waals surface area contributed by atoms with Crippen molar-refractivity contribution in [3.05, 3.63) is 138 Å². The molecule has 3 heterocycles. The van der Waals surface area contributed by atoms with Crippen LogP contribution in [0.4, 0.5) is 0 Å². The number of benzene rings is 3. The number of fused-ring (bicyclic) bond motifs is 1. The van der Waals surface area contributed by atoms with E-state index in [1.54, 1.807) is 42.9 Å². The molecule has 1 aliphatic rings. The molecule has 0 N–H and O–H groups in total. The van der Waals surface area contributed by atoms with Crippen molar-refractivity contribution in [1.82, 2.24) is 9.13 Å². The van der Waals surface area contributed by atoms with E-state index in [1.807, 2.05) is 74.5 Å². The maximum atomic E-state index is 14.5. The fourth-order valence-electron chi connectivity index (χ4n) is 6.12. The van der Waals surface area contributed by atoms with E-state index in [4.69, 9.17) is 23.9 Å². The van der Waals surface area contributed by atoms with Crippen LogP contribution in [0.5, 0.6) is 11.5 Å². The first-order valence-corrected chi connectivity index (χ1v) is 16.4. The van der Waals surface area contributed by atoms with Gasteiger partial charge < -0.3 is 23.5 Å². The average Bonchev–Trinajstić information content (AvgIpc) is 3.59. The highest BCUT2D eigenvalue weighted by Gasteiger charge is 2.35. The fourth-order valence-corrected chi connectivity index (χ4v) is 7.11. The number of nitrogens with zero attached hydrogens (tertiary/aromatic N) is 3. The quantitative estimate of drug-likeness (QED) is 0.199. The molecule has 3 aromatic carbocycles. The number of ether oxygens (including phenoxy) is 4. The minimum absolute atomic E-state index is 0.147. The standard InChI is InChI=1S/C38H35N3O7S/c1-7-48-37(44)32-33(24-11-9-8-10-12-24)39-38-41(34(32)26-15-18-29(45-4)30(20-26)46-5)35(42)31(49-38)21-27-19-22(2)40(23(27)3)28-16-13-25(14-17-28)36(43)47-6/h8-21,34H,7H2,1-6H3/b31-21+/t34-/m0/s1. The largest absolute Gasteiger partial charge is 0.493 e. The number of aryl methyl sites for hydroxylation is 1. The minimum atomic E-state index is -0.867. The molecule has 0 saturated carbocycles. The summed E-state index contributed by atoms with van der Waals surface area (Å²) >= 11 is 1.25. The van der Waals surface area contributed by atoms with Crippen LogP contribution in [0.25, 0.3) is 17.5 Å². The fraction of sp³-hybridized carbons (Fsp3) is 0.211. The second-order valence-electron chi connectivity index (χ2n) is 11.2. The van der Waals surface area contributed by atoms with Gasteiger partial charge in [-0.2, -0.15) is 0 Å². The Morgan fingerprint density at radius 3 is 2.27 bits per heavy atom. The smallest absolute Gasteiger partial charge is 0.338 e. The van der Waals surface area contributed by atoms with E-state index >= 15 is 0 Å². The van der Waals surface area contributed by atoms with Crippen LogP contribution in [-0.4, -0.2) is 49.0 Å². The monoisotopic (exact) mass is 677 g/mol. The molecule has 5 aromatic rings. The normalized spacial score (nSPS) is 14.2. The number of thiazole rings is 1. The Labute approximate surface area is 286 Å². The first-order valence-electron chi connectivity index (χ1n) is 15.6. The first-order chi connectivity index (χ1) is 23.7. The third-order valence-electron chi connectivity index (χ3n) is 8.40. The van der Waals surface area contributed by atoms with Gasteiger partial charge in [-0.05, 0) is 80.4 Å². The summed E-state index contributed by atoms with van der Waals surface area (Å²) in [5.74, 6) is -0.00743. The van der Waals surface area contributed by atoms with Gasteiger partial charge in [-0.25, -0.2) is 14.6 Å². The van der Waals surface area contributed by atoms with Gasteiger partial charge in [-0.15, -0.1) is 0 Å². The van der Waals surface area contributed by atoms with Crippen LogP contribution in [-0.2, 0) is 14.3 Å². The van der Waals surface area contributed by atoms with Crippen LogP contribution >= 0.6 is 11.3 Å². The summed E-state index contributed by atoms with van der Waals surface area (Å²) in [4.78, 5) is 45.6. The van der Waals surface area contributed by atoms with E-state index in [9.17, 15) is 14.4 Å². The van der Waals surface area contributed by atoms with Gasteiger partial charge in [-0.3, -0.25) is 9.36 Å². The highest BCUT2D eigenvalue weighted by molar-refractivity contribution is 7.07. The average molecular weight is 678 g/mol. The van der Waals surface area contributed by atoms with E-state index in [2.05, 4.69) is 4.57 Å². The zero-order chi connectivity index (χ0) is 34.8. The van der Waals surface area contributed by atoms with Gasteiger partial charge in [-0.1, -0.05) is 47.7 Å². The molecule has 2 aromatic heterocycles. The number of aromatic nitrogens is 2. The molecule has 1 aliphatic heterocycles. The Balaban J connectivity index is 1.57. The highest BCUT2D eigenvalue weighted by atomic mass is 32.1. The lowest BCUT2D eigenvalue weighted by atomic mass is 9.93. The Hall–Kier alpha value is -5.68. The van der Waals surface area contributed by atoms with E-state index in [-0.39, 0.29) is 17.7 Å². The minimum Gasteiger partial charge on any atom is -0.493 e. The summed E-state index contributed by atoms with van der Waals surface area (Å²) in [5, 5.41) is 0. The Morgan fingerprint density at radius 1 is 0.898 bits per heavy atom. The molecule has 0 radical (unpaired) electrons. The van der Waals surface area contributed by atoms with Crippen LogP contribution in [0.15, 0.2) is 94.2 Å². The molecule has 49 heavy (non-hydrogen) atoms. The molecule has 0 saturated heterocycles. The van der Waals surface area contributed by atoms with Crippen molar-refractivity contribution in [2.24, 2.45) is 4.99 Å². The van der Waals surface area contributed by atoms with Gasteiger partial charge in [0.25, 0.3) is 5.56 Å². The number of carbonyl (C=O) groups is 2. The topological polar surface area (TPSA) is 110 Å². The zero-order valence-electron chi connectivity index (χ0n) is 28.0. The van der Waals surface area contributed by atoms with Crippen LogP contribution in [0, 0.1) is 13.8 Å². The van der Waals surface area contributed by atoms with Gasteiger partial charge in [0.1, 0.15) is 0 Å². The molecular formula is C38H35N3O7S. The molecule has 1 atom stereocenters. The lowest BCUT2D eigenvalue weighted by Crippen LogP contribution is -2.40. The lowest BCUT2D eigenvalue weighted by Gasteiger charge is -2.26. The van der Waals surface area contributed by atoms with Gasteiger partial charge in [0, 0.05) is 22.6 Å². The van der Waals surface area contributed by atoms with Crippen molar-refractivity contribution in [3.8, 4) is 17.2 Å². The molecule has 0 spiro atoms. The maximum absolute atomic E-state index is 14.5. The first kappa shape index (κ1) is 33.2. The van der Waals surface area contributed by atoms with E-state index in [0.29, 0.717) is 37.7 Å². The van der Waals surface area contributed by atoms with Crippen LogP contribution in [0.2, 0.25) is 0 Å². The number of esters is 2. The van der Waals surface area contributed by atoms with E-state index in [0.717, 1.165) is 28.2 Å². The molecule has 10 nitrogen and oxygen atoms in total. The van der Waals surface area contributed by atoms with Gasteiger partial charge in [0.05, 0.1) is 55.3 Å². The molecule has 0 amide bonds. The molecule has 6 rings (SSSR count). The van der Waals surface area contributed by atoms with Crippen molar-refractivity contribution in [1.29, 1.82) is 0 Å².